The first-order chi connectivity index (χ1) is 20.2. The molecule has 42 heavy (non-hydrogen) atoms. The molecule has 0 aliphatic carbocycles. The predicted octanol–water partition coefficient (Wildman–Crippen LogP) is 5.29. The van der Waals surface area contributed by atoms with Crippen LogP contribution in [0.4, 0.5) is 5.69 Å². The van der Waals surface area contributed by atoms with Gasteiger partial charge in [0.1, 0.15) is 5.82 Å². The Morgan fingerprint density at radius 3 is 2.38 bits per heavy atom. The smallest absolute Gasteiger partial charge is 0.254 e. The van der Waals surface area contributed by atoms with Crippen LogP contribution in [-0.2, 0) is 21.1 Å². The van der Waals surface area contributed by atoms with Gasteiger partial charge in [0.15, 0.2) is 0 Å². The average molecular weight is 725 g/mol. The molecule has 4 heterocycles. The largest absolute Gasteiger partial charge is 0.509 e. The SMILES string of the molecule is CN1C=C2N(C)B(c3ccccc3)c3ccc(Oc4[c-]c5c(cc4)c4ccccc4n5-c4ccccn4)[c-]c3N2[CH-]1.[Pt]. The third-order valence-electron chi connectivity index (χ3n) is 7.85. The van der Waals surface area contributed by atoms with Crippen molar-refractivity contribution in [3.05, 3.63) is 134 Å². The van der Waals surface area contributed by atoms with Crippen molar-refractivity contribution >= 4 is 45.3 Å². The Hall–Kier alpha value is -4.48. The van der Waals surface area contributed by atoms with E-state index in [0.717, 1.165) is 39.1 Å². The number of hydrogen-bond donors (Lipinski definition) is 0. The molecule has 6 nitrogen and oxygen atoms in total. The molecule has 4 aromatic carbocycles. The van der Waals surface area contributed by atoms with Gasteiger partial charge in [0.25, 0.3) is 6.85 Å². The molecule has 0 spiro atoms. The van der Waals surface area contributed by atoms with E-state index in [1.54, 1.807) is 0 Å². The standard InChI is InChI=1S/C34H25BN5O.Pt/c1-37-22-34-38(2)35(24-10-4-3-5-11-24)29-18-16-26(21-32(29)39(34)23-37)41-25-15-17-28-27-12-6-7-13-30(27)40(31(28)20-25)33-14-8-9-19-36-33;/h3-19,22-23H,1-2H3;/q-3;. The number of para-hydroxylation sites is 1. The zero-order valence-electron chi connectivity index (χ0n) is 23.0. The zero-order valence-corrected chi connectivity index (χ0v) is 25.3. The second kappa shape index (κ2) is 10.4. The molecule has 2 aliphatic rings. The quantitative estimate of drug-likeness (QED) is 0.183. The number of benzene rings is 4. The number of pyridine rings is 1. The zero-order chi connectivity index (χ0) is 27.5. The fourth-order valence-corrected chi connectivity index (χ4v) is 6.06. The third kappa shape index (κ3) is 4.19. The normalized spacial score (nSPS) is 14.1. The summed E-state index contributed by atoms with van der Waals surface area (Å²) < 4.78 is 8.59. The Morgan fingerprint density at radius 2 is 1.55 bits per heavy atom. The minimum atomic E-state index is 0. The summed E-state index contributed by atoms with van der Waals surface area (Å²) in [6.07, 6.45) is 3.95. The average Bonchev–Trinajstić information content (AvgIpc) is 3.56. The molecule has 208 valence electrons. The van der Waals surface area contributed by atoms with Crippen LogP contribution in [0.5, 0.6) is 11.5 Å². The van der Waals surface area contributed by atoms with Crippen molar-refractivity contribution < 1.29 is 25.8 Å². The van der Waals surface area contributed by atoms with Gasteiger partial charge in [-0.05, 0) is 37.7 Å². The molecule has 2 aliphatic heterocycles. The Bertz CT molecular complexity index is 1960. The van der Waals surface area contributed by atoms with Gasteiger partial charge in [-0.1, -0.05) is 65.6 Å². The van der Waals surface area contributed by atoms with E-state index in [4.69, 9.17) is 4.74 Å². The van der Waals surface area contributed by atoms with Crippen molar-refractivity contribution in [1.82, 2.24) is 19.3 Å². The van der Waals surface area contributed by atoms with E-state index in [2.05, 4.69) is 123 Å². The molecule has 8 rings (SSSR count). The number of aromatic nitrogens is 2. The van der Waals surface area contributed by atoms with Crippen LogP contribution in [0.1, 0.15) is 0 Å². The van der Waals surface area contributed by atoms with Gasteiger partial charge in [-0.2, -0.15) is 18.8 Å². The van der Waals surface area contributed by atoms with E-state index < -0.39 is 0 Å². The van der Waals surface area contributed by atoms with Gasteiger partial charge in [-0.3, -0.25) is 0 Å². The predicted molar refractivity (Wildman–Crippen MR) is 165 cm³/mol. The molecule has 0 amide bonds. The Balaban J connectivity index is 0.00000288. The molecule has 0 saturated carbocycles. The Kier molecular flexibility index (Phi) is 6.55. The summed E-state index contributed by atoms with van der Waals surface area (Å²) in [5.74, 6) is 3.20. The number of nitrogens with zero attached hydrogens (tertiary/aromatic N) is 5. The van der Waals surface area contributed by atoms with Crippen molar-refractivity contribution in [3.8, 4) is 17.3 Å². The second-order valence-electron chi connectivity index (χ2n) is 10.4. The maximum atomic E-state index is 6.45. The molecule has 0 bridgehead atoms. The number of hydrogen-bond acceptors (Lipinski definition) is 5. The van der Waals surface area contributed by atoms with Gasteiger partial charge in [0.05, 0.1) is 5.82 Å². The van der Waals surface area contributed by atoms with Crippen molar-refractivity contribution in [2.45, 2.75) is 0 Å². The van der Waals surface area contributed by atoms with E-state index in [1.807, 2.05) is 43.6 Å². The first kappa shape index (κ1) is 26.4. The number of fused-ring (bicyclic) bond motifs is 6. The maximum Gasteiger partial charge on any atom is 0.254 e. The third-order valence-corrected chi connectivity index (χ3v) is 7.85. The van der Waals surface area contributed by atoms with E-state index in [-0.39, 0.29) is 27.9 Å². The van der Waals surface area contributed by atoms with Crippen LogP contribution < -0.4 is 20.6 Å². The van der Waals surface area contributed by atoms with Crippen molar-refractivity contribution in [3.63, 3.8) is 0 Å². The summed E-state index contributed by atoms with van der Waals surface area (Å²) in [5.41, 5.74) is 5.39. The molecular formula is C34H25BN5OPt-3. The first-order valence-corrected chi connectivity index (χ1v) is 13.6. The van der Waals surface area contributed by atoms with Crippen molar-refractivity contribution in [2.24, 2.45) is 0 Å². The van der Waals surface area contributed by atoms with Gasteiger partial charge >= 0.3 is 0 Å². The number of rotatable bonds is 4. The molecule has 6 aromatic rings. The van der Waals surface area contributed by atoms with Gasteiger partial charge < -0.3 is 23.9 Å². The van der Waals surface area contributed by atoms with Crippen molar-refractivity contribution in [2.75, 3.05) is 19.0 Å². The van der Waals surface area contributed by atoms with Crippen LogP contribution in [0.3, 0.4) is 0 Å². The number of ether oxygens (including phenoxy) is 1. The van der Waals surface area contributed by atoms with Crippen LogP contribution in [0, 0.1) is 18.8 Å². The number of anilines is 1. The van der Waals surface area contributed by atoms with Crippen LogP contribution in [0.2, 0.25) is 0 Å². The summed E-state index contributed by atoms with van der Waals surface area (Å²) in [4.78, 5) is 11.2. The van der Waals surface area contributed by atoms with E-state index in [0.29, 0.717) is 11.5 Å². The minimum absolute atomic E-state index is 0. The summed E-state index contributed by atoms with van der Waals surface area (Å²) in [7, 11) is 4.18. The van der Waals surface area contributed by atoms with Crippen LogP contribution >= 0.6 is 0 Å². The molecule has 0 N–H and O–H groups in total. The molecular weight excluding hydrogens is 700 g/mol. The molecule has 8 heteroatoms. The van der Waals surface area contributed by atoms with Crippen LogP contribution in [0.25, 0.3) is 27.6 Å². The molecule has 0 saturated heterocycles. The Labute approximate surface area is 259 Å². The maximum absolute atomic E-state index is 6.45. The minimum Gasteiger partial charge on any atom is -0.509 e. The monoisotopic (exact) mass is 725 g/mol. The fourth-order valence-electron chi connectivity index (χ4n) is 6.06. The second-order valence-corrected chi connectivity index (χ2v) is 10.4. The topological polar surface area (TPSA) is 36.8 Å². The van der Waals surface area contributed by atoms with Crippen molar-refractivity contribution in [1.29, 1.82) is 0 Å². The first-order valence-electron chi connectivity index (χ1n) is 13.6. The van der Waals surface area contributed by atoms with Gasteiger partial charge in [0, 0.05) is 50.5 Å². The van der Waals surface area contributed by atoms with Crippen LogP contribution in [-0.4, -0.2) is 40.2 Å². The van der Waals surface area contributed by atoms with Gasteiger partial charge in [-0.15, -0.1) is 40.8 Å². The molecule has 0 fully saturated rings. The van der Waals surface area contributed by atoms with Gasteiger partial charge in [0.2, 0.25) is 0 Å². The molecule has 2 aromatic heterocycles. The van der Waals surface area contributed by atoms with Gasteiger partial charge in [-0.25, -0.2) is 4.98 Å². The van der Waals surface area contributed by atoms with Crippen LogP contribution in [0.15, 0.2) is 115 Å². The summed E-state index contributed by atoms with van der Waals surface area (Å²) in [5, 5.41) is 2.26. The molecule has 0 atom stereocenters. The van der Waals surface area contributed by atoms with E-state index >= 15 is 0 Å². The summed E-state index contributed by atoms with van der Waals surface area (Å²) in [6.45, 7) is 2.14. The summed E-state index contributed by atoms with van der Waals surface area (Å²) >= 11 is 0. The molecule has 0 unspecified atom stereocenters. The molecule has 0 radical (unpaired) electrons. The Morgan fingerprint density at radius 1 is 0.786 bits per heavy atom. The van der Waals surface area contributed by atoms with E-state index in [9.17, 15) is 0 Å². The van der Waals surface area contributed by atoms with E-state index in [1.165, 1.54) is 10.9 Å². The summed E-state index contributed by atoms with van der Waals surface area (Å²) in [6, 6.07) is 40.3. The fraction of sp³-hybridized carbons (Fsp3) is 0.0588.